The van der Waals surface area contributed by atoms with E-state index in [-0.39, 0.29) is 0 Å². The van der Waals surface area contributed by atoms with Gasteiger partial charge in [-0.1, -0.05) is 124 Å². The summed E-state index contributed by atoms with van der Waals surface area (Å²) in [6, 6.07) is 54.3. The van der Waals surface area contributed by atoms with E-state index < -0.39 is 0 Å². The first-order valence-corrected chi connectivity index (χ1v) is 20.7. The van der Waals surface area contributed by atoms with Gasteiger partial charge < -0.3 is 0 Å². The summed E-state index contributed by atoms with van der Waals surface area (Å²) in [7, 11) is 0. The fraction of sp³-hybridized carbons (Fsp3) is 0.130. The largest absolute Gasteiger partial charge is 0.134 e. The highest BCUT2D eigenvalue weighted by Crippen LogP contribution is 2.45. The SMILES string of the molecule is CCCc1ccc(-c2ccc(-c3ccc(-c4ccc(-c5ccc(-c6ccc(-c7ccc(-c8ccc(CCC)cc8)cc7)s6)s5)s4)s3)cc2)cc1. The maximum Gasteiger partial charge on any atom is 0.0449 e. The van der Waals surface area contributed by atoms with E-state index in [1.807, 2.05) is 45.3 Å². The van der Waals surface area contributed by atoms with E-state index in [4.69, 9.17) is 0 Å². The average molecular weight is 719 g/mol. The van der Waals surface area contributed by atoms with Crippen LogP contribution >= 0.6 is 45.3 Å². The molecule has 0 saturated carbocycles. The Morgan fingerprint density at radius 2 is 0.480 bits per heavy atom. The Hall–Kier alpha value is -4.32. The Bertz CT molecular complexity index is 2140. The van der Waals surface area contributed by atoms with E-state index in [1.165, 1.54) is 96.4 Å². The molecule has 0 N–H and O–H groups in total. The summed E-state index contributed by atoms with van der Waals surface area (Å²) in [6.07, 6.45) is 4.65. The van der Waals surface area contributed by atoms with Crippen molar-refractivity contribution in [3.63, 3.8) is 0 Å². The molecular formula is C46H38S4. The molecule has 8 rings (SSSR count). The fourth-order valence-electron chi connectivity index (χ4n) is 6.42. The molecule has 4 aromatic heterocycles. The van der Waals surface area contributed by atoms with Crippen molar-refractivity contribution in [1.29, 1.82) is 0 Å². The number of benzene rings is 4. The Morgan fingerprint density at radius 1 is 0.260 bits per heavy atom. The van der Waals surface area contributed by atoms with E-state index in [0.29, 0.717) is 0 Å². The van der Waals surface area contributed by atoms with Crippen LogP contribution in [0.3, 0.4) is 0 Å². The van der Waals surface area contributed by atoms with E-state index in [2.05, 4.69) is 159 Å². The lowest BCUT2D eigenvalue weighted by Gasteiger charge is -2.05. The number of aryl methyl sites for hydroxylation is 2. The van der Waals surface area contributed by atoms with Crippen molar-refractivity contribution in [2.24, 2.45) is 0 Å². The molecule has 4 aromatic carbocycles. The molecule has 0 aliphatic carbocycles. The van der Waals surface area contributed by atoms with Crippen LogP contribution in [0.4, 0.5) is 0 Å². The van der Waals surface area contributed by atoms with Gasteiger partial charge in [-0.3, -0.25) is 0 Å². The van der Waals surface area contributed by atoms with Gasteiger partial charge in [0, 0.05) is 39.0 Å². The van der Waals surface area contributed by atoms with Gasteiger partial charge in [-0.05, 0) is 106 Å². The minimum Gasteiger partial charge on any atom is -0.134 e. The standard InChI is InChI=1S/C46H38S4/c1-3-5-31-7-11-33(12-8-31)35-15-19-37(20-16-35)39-23-25-41(47-39)43-27-29-45(49-43)46-30-28-44(50-46)42-26-24-40(48-42)38-21-17-36(18-22-38)34-13-9-32(6-4-2)10-14-34/h7-30H,3-6H2,1-2H3. The lowest BCUT2D eigenvalue weighted by atomic mass is 10.0. The van der Waals surface area contributed by atoms with E-state index in [0.717, 1.165) is 12.8 Å². The van der Waals surface area contributed by atoms with Crippen molar-refractivity contribution in [2.45, 2.75) is 39.5 Å². The average Bonchev–Trinajstić information content (AvgIpc) is 4.00. The quantitative estimate of drug-likeness (QED) is 0.125. The first-order valence-electron chi connectivity index (χ1n) is 17.4. The van der Waals surface area contributed by atoms with E-state index in [1.54, 1.807) is 0 Å². The normalized spacial score (nSPS) is 11.3. The summed E-state index contributed by atoms with van der Waals surface area (Å²) in [4.78, 5) is 10.6. The van der Waals surface area contributed by atoms with Crippen LogP contribution in [0.15, 0.2) is 146 Å². The number of rotatable bonds is 11. The van der Waals surface area contributed by atoms with Crippen LogP contribution in [0, 0.1) is 0 Å². The minimum atomic E-state index is 1.14. The zero-order valence-electron chi connectivity index (χ0n) is 28.3. The van der Waals surface area contributed by atoms with E-state index in [9.17, 15) is 0 Å². The van der Waals surface area contributed by atoms with Crippen molar-refractivity contribution in [3.8, 4) is 72.4 Å². The van der Waals surface area contributed by atoms with Crippen LogP contribution in [-0.2, 0) is 12.8 Å². The summed E-state index contributed by atoms with van der Waals surface area (Å²) < 4.78 is 0. The highest BCUT2D eigenvalue weighted by molar-refractivity contribution is 7.29. The molecule has 0 bridgehead atoms. The molecule has 0 unspecified atom stereocenters. The van der Waals surface area contributed by atoms with Gasteiger partial charge in [0.2, 0.25) is 0 Å². The van der Waals surface area contributed by atoms with Gasteiger partial charge in [-0.2, -0.15) is 0 Å². The first-order chi connectivity index (χ1) is 24.6. The van der Waals surface area contributed by atoms with Gasteiger partial charge in [0.05, 0.1) is 0 Å². The zero-order valence-corrected chi connectivity index (χ0v) is 31.6. The van der Waals surface area contributed by atoms with Gasteiger partial charge in [0.15, 0.2) is 0 Å². The predicted molar refractivity (Wildman–Crippen MR) is 224 cm³/mol. The Labute approximate surface area is 312 Å². The maximum absolute atomic E-state index is 2.29. The summed E-state index contributed by atoms with van der Waals surface area (Å²) in [5, 5.41) is 0. The molecule has 50 heavy (non-hydrogen) atoms. The van der Waals surface area contributed by atoms with Crippen LogP contribution in [0.5, 0.6) is 0 Å². The molecule has 0 spiro atoms. The van der Waals surface area contributed by atoms with Crippen molar-refractivity contribution in [2.75, 3.05) is 0 Å². The highest BCUT2D eigenvalue weighted by Gasteiger charge is 2.13. The van der Waals surface area contributed by atoms with Gasteiger partial charge >= 0.3 is 0 Å². The fourth-order valence-corrected chi connectivity index (χ4v) is 10.7. The van der Waals surface area contributed by atoms with Crippen LogP contribution in [0.25, 0.3) is 72.4 Å². The topological polar surface area (TPSA) is 0 Å². The van der Waals surface area contributed by atoms with Crippen molar-refractivity contribution in [3.05, 3.63) is 157 Å². The molecule has 0 amide bonds. The van der Waals surface area contributed by atoms with Gasteiger partial charge in [0.25, 0.3) is 0 Å². The molecule has 4 heteroatoms. The molecule has 0 aliphatic rings. The zero-order chi connectivity index (χ0) is 33.9. The predicted octanol–water partition coefficient (Wildman–Crippen LogP) is 15.5. The van der Waals surface area contributed by atoms with Gasteiger partial charge in [-0.15, -0.1) is 45.3 Å². The first kappa shape index (κ1) is 32.9. The number of hydrogen-bond donors (Lipinski definition) is 0. The lowest BCUT2D eigenvalue weighted by molar-refractivity contribution is 0.922. The third-order valence-corrected chi connectivity index (χ3v) is 14.2. The van der Waals surface area contributed by atoms with E-state index >= 15 is 0 Å². The third-order valence-electron chi connectivity index (χ3n) is 9.14. The minimum absolute atomic E-state index is 1.14. The van der Waals surface area contributed by atoms with Crippen LogP contribution in [0.2, 0.25) is 0 Å². The van der Waals surface area contributed by atoms with Gasteiger partial charge in [0.1, 0.15) is 0 Å². The monoisotopic (exact) mass is 718 g/mol. The summed E-state index contributed by atoms with van der Waals surface area (Å²) in [6.45, 7) is 4.46. The molecule has 0 aliphatic heterocycles. The second kappa shape index (κ2) is 14.9. The van der Waals surface area contributed by atoms with Crippen molar-refractivity contribution in [1.82, 2.24) is 0 Å². The highest BCUT2D eigenvalue weighted by atomic mass is 32.1. The van der Waals surface area contributed by atoms with Crippen LogP contribution < -0.4 is 0 Å². The molecule has 0 fully saturated rings. The smallest absolute Gasteiger partial charge is 0.0449 e. The van der Waals surface area contributed by atoms with Gasteiger partial charge in [-0.25, -0.2) is 0 Å². The molecule has 246 valence electrons. The second-order valence-corrected chi connectivity index (χ2v) is 17.0. The molecule has 8 aromatic rings. The lowest BCUT2D eigenvalue weighted by Crippen LogP contribution is -1.83. The molecule has 0 nitrogen and oxygen atoms in total. The molecule has 0 saturated heterocycles. The maximum atomic E-state index is 2.29. The molecule has 0 radical (unpaired) electrons. The molecule has 0 atom stereocenters. The second-order valence-electron chi connectivity index (χ2n) is 12.7. The summed E-state index contributed by atoms with van der Waals surface area (Å²) in [5.74, 6) is 0. The number of thiophene rings is 4. The third kappa shape index (κ3) is 7.12. The summed E-state index contributed by atoms with van der Waals surface area (Å²) in [5.41, 5.74) is 10.5. The summed E-state index contributed by atoms with van der Waals surface area (Å²) >= 11 is 7.53. The number of hydrogen-bond acceptors (Lipinski definition) is 4. The molecule has 4 heterocycles. The van der Waals surface area contributed by atoms with Crippen molar-refractivity contribution < 1.29 is 0 Å². The Kier molecular flexibility index (Phi) is 9.78. The Balaban J connectivity index is 0.931. The van der Waals surface area contributed by atoms with Crippen LogP contribution in [-0.4, -0.2) is 0 Å². The van der Waals surface area contributed by atoms with Crippen LogP contribution in [0.1, 0.15) is 37.8 Å². The van der Waals surface area contributed by atoms with Crippen molar-refractivity contribution >= 4 is 45.3 Å². The molecular weight excluding hydrogens is 681 g/mol. The Morgan fingerprint density at radius 3 is 0.760 bits per heavy atom.